The van der Waals surface area contributed by atoms with E-state index in [0.29, 0.717) is 24.3 Å². The maximum atomic E-state index is 10.9. The molecule has 5 nitrogen and oxygen atoms in total. The Morgan fingerprint density at radius 2 is 2.33 bits per heavy atom. The van der Waals surface area contributed by atoms with Crippen LogP contribution in [0.1, 0.15) is 25.1 Å². The van der Waals surface area contributed by atoms with Crippen LogP contribution in [0.4, 0.5) is 0 Å². The molecule has 0 bridgehead atoms. The first-order valence-corrected chi connectivity index (χ1v) is 6.63. The van der Waals surface area contributed by atoms with Gasteiger partial charge in [0.15, 0.2) is 5.82 Å². The second-order valence-corrected chi connectivity index (χ2v) is 5.13. The third-order valence-electron chi connectivity index (χ3n) is 2.02. The molecule has 86 valence electrons. The van der Waals surface area contributed by atoms with Crippen LogP contribution in [0.5, 0.6) is 0 Å². The summed E-state index contributed by atoms with van der Waals surface area (Å²) in [6.45, 7) is 4.41. The molecule has 0 saturated heterocycles. The van der Waals surface area contributed by atoms with Crippen molar-refractivity contribution in [1.82, 2.24) is 15.5 Å². The van der Waals surface area contributed by atoms with Crippen LogP contribution in [-0.2, 0) is 17.3 Å². The molecule has 0 aliphatic rings. The fourth-order valence-electron chi connectivity index (χ4n) is 1.12. The number of aromatic nitrogens is 2. The van der Waals surface area contributed by atoms with E-state index in [4.69, 9.17) is 4.52 Å². The summed E-state index contributed by atoms with van der Waals surface area (Å²) in [5.74, 6) is 1.96. The maximum Gasteiger partial charge on any atom is 0.223 e. The van der Waals surface area contributed by atoms with Gasteiger partial charge in [-0.25, -0.2) is 0 Å². The van der Waals surface area contributed by atoms with E-state index >= 15 is 0 Å². The van der Waals surface area contributed by atoms with Crippen LogP contribution in [0.25, 0.3) is 0 Å². The minimum Gasteiger partial charge on any atom is -0.340 e. The quantitative estimate of drug-likeness (QED) is 0.777. The summed E-state index contributed by atoms with van der Waals surface area (Å²) in [5.41, 5.74) is 0. The van der Waals surface area contributed by atoms with E-state index < -0.39 is 10.8 Å². The Morgan fingerprint density at radius 3 is 2.87 bits per heavy atom. The largest absolute Gasteiger partial charge is 0.340 e. The smallest absolute Gasteiger partial charge is 0.223 e. The fourth-order valence-corrected chi connectivity index (χ4v) is 1.81. The summed E-state index contributed by atoms with van der Waals surface area (Å²) in [7, 11) is -0.720. The van der Waals surface area contributed by atoms with E-state index in [-0.39, 0.29) is 0 Å². The molecular weight excluding hydrogens is 214 g/mol. The molecule has 0 saturated carbocycles. The summed E-state index contributed by atoms with van der Waals surface area (Å²) < 4.78 is 15.7. The topological polar surface area (TPSA) is 68.0 Å². The molecule has 1 aromatic heterocycles. The van der Waals surface area contributed by atoms with Gasteiger partial charge >= 0.3 is 0 Å². The summed E-state index contributed by atoms with van der Waals surface area (Å²) in [6.07, 6.45) is 2.61. The van der Waals surface area contributed by atoms with Crippen molar-refractivity contribution in [3.8, 4) is 0 Å². The van der Waals surface area contributed by atoms with Gasteiger partial charge in [-0.3, -0.25) is 4.21 Å². The number of hydrogen-bond acceptors (Lipinski definition) is 5. The van der Waals surface area contributed by atoms with E-state index in [1.807, 2.05) is 0 Å². The molecule has 0 radical (unpaired) electrons. The highest BCUT2D eigenvalue weighted by molar-refractivity contribution is 7.84. The molecule has 1 aromatic rings. The van der Waals surface area contributed by atoms with Gasteiger partial charge in [-0.05, 0) is 13.3 Å². The van der Waals surface area contributed by atoms with Crippen molar-refractivity contribution in [1.29, 1.82) is 0 Å². The highest BCUT2D eigenvalue weighted by atomic mass is 32.2. The predicted molar refractivity (Wildman–Crippen MR) is 58.9 cm³/mol. The van der Waals surface area contributed by atoms with Gasteiger partial charge in [0.05, 0.1) is 6.54 Å². The zero-order valence-corrected chi connectivity index (χ0v) is 10.1. The summed E-state index contributed by atoms with van der Waals surface area (Å²) in [6, 6.07) is 0.313. The third kappa shape index (κ3) is 5.03. The first-order valence-electron chi connectivity index (χ1n) is 4.90. The van der Waals surface area contributed by atoms with E-state index in [0.717, 1.165) is 12.2 Å². The van der Waals surface area contributed by atoms with Gasteiger partial charge in [-0.15, -0.1) is 0 Å². The minimum atomic E-state index is -0.720. The Bertz CT molecular complexity index is 327. The molecular formula is C9H17N3O2S. The second-order valence-electron chi connectivity index (χ2n) is 3.58. The monoisotopic (exact) mass is 231 g/mol. The average molecular weight is 231 g/mol. The fraction of sp³-hybridized carbons (Fsp3) is 0.778. The Kier molecular flexibility index (Phi) is 4.90. The molecule has 1 heterocycles. The zero-order chi connectivity index (χ0) is 11.3. The number of aryl methyl sites for hydroxylation is 1. The highest BCUT2D eigenvalue weighted by Crippen LogP contribution is 1.97. The van der Waals surface area contributed by atoms with Gasteiger partial charge in [0.25, 0.3) is 0 Å². The van der Waals surface area contributed by atoms with Crippen LogP contribution in [0.3, 0.4) is 0 Å². The van der Waals surface area contributed by atoms with Crippen molar-refractivity contribution < 1.29 is 8.73 Å². The molecule has 0 aromatic carbocycles. The number of nitrogens with zero attached hydrogens (tertiary/aromatic N) is 2. The van der Waals surface area contributed by atoms with Crippen molar-refractivity contribution >= 4 is 10.8 Å². The van der Waals surface area contributed by atoms with Crippen LogP contribution >= 0.6 is 0 Å². The molecule has 2 unspecified atom stereocenters. The van der Waals surface area contributed by atoms with E-state index in [9.17, 15) is 4.21 Å². The Hall–Kier alpha value is -0.750. The van der Waals surface area contributed by atoms with Gasteiger partial charge in [0.1, 0.15) is 0 Å². The summed E-state index contributed by atoms with van der Waals surface area (Å²) >= 11 is 0. The SMILES string of the molecule is Cc1nc(CNC(C)CCS(C)=O)no1. The van der Waals surface area contributed by atoms with Gasteiger partial charge in [-0.2, -0.15) is 4.98 Å². The van der Waals surface area contributed by atoms with Crippen LogP contribution in [0.15, 0.2) is 4.52 Å². The standard InChI is InChI=1S/C9H17N3O2S/c1-7(4-5-15(3)13)10-6-9-11-8(2)14-12-9/h7,10H,4-6H2,1-3H3. The van der Waals surface area contributed by atoms with Gasteiger partial charge < -0.3 is 9.84 Å². The maximum absolute atomic E-state index is 10.9. The highest BCUT2D eigenvalue weighted by Gasteiger charge is 2.06. The van der Waals surface area contributed by atoms with Gasteiger partial charge in [0.2, 0.25) is 5.89 Å². The minimum absolute atomic E-state index is 0.313. The molecule has 0 aliphatic heterocycles. The summed E-state index contributed by atoms with van der Waals surface area (Å²) in [5, 5.41) is 7.02. The number of nitrogens with one attached hydrogen (secondary N) is 1. The van der Waals surface area contributed by atoms with Gasteiger partial charge in [0, 0.05) is 35.8 Å². The average Bonchev–Trinajstić information content (AvgIpc) is 2.58. The lowest BCUT2D eigenvalue weighted by atomic mass is 10.2. The first kappa shape index (κ1) is 12.3. The Labute approximate surface area is 92.1 Å². The molecule has 1 N–H and O–H groups in total. The molecule has 2 atom stereocenters. The lowest BCUT2D eigenvalue weighted by Crippen LogP contribution is -2.27. The second kappa shape index (κ2) is 5.97. The lowest BCUT2D eigenvalue weighted by Gasteiger charge is -2.10. The van der Waals surface area contributed by atoms with Crippen LogP contribution in [0, 0.1) is 6.92 Å². The zero-order valence-electron chi connectivity index (χ0n) is 9.32. The Balaban J connectivity index is 2.22. The normalized spacial score (nSPS) is 15.1. The van der Waals surface area contributed by atoms with Crippen molar-refractivity contribution in [2.75, 3.05) is 12.0 Å². The van der Waals surface area contributed by atoms with Crippen molar-refractivity contribution in [3.63, 3.8) is 0 Å². The van der Waals surface area contributed by atoms with Crippen molar-refractivity contribution in [2.45, 2.75) is 32.9 Å². The number of hydrogen-bond donors (Lipinski definition) is 1. The van der Waals surface area contributed by atoms with Crippen LogP contribution in [-0.4, -0.2) is 32.4 Å². The van der Waals surface area contributed by atoms with E-state index in [1.54, 1.807) is 13.2 Å². The lowest BCUT2D eigenvalue weighted by molar-refractivity contribution is 0.383. The molecule has 0 spiro atoms. The first-order chi connectivity index (χ1) is 7.08. The molecule has 0 amide bonds. The molecule has 0 aliphatic carbocycles. The van der Waals surface area contributed by atoms with Crippen LogP contribution in [0.2, 0.25) is 0 Å². The van der Waals surface area contributed by atoms with E-state index in [1.165, 1.54) is 0 Å². The molecule has 1 rings (SSSR count). The van der Waals surface area contributed by atoms with Gasteiger partial charge in [-0.1, -0.05) is 5.16 Å². The third-order valence-corrected chi connectivity index (χ3v) is 2.83. The Morgan fingerprint density at radius 1 is 1.60 bits per heavy atom. The molecule has 15 heavy (non-hydrogen) atoms. The summed E-state index contributed by atoms with van der Waals surface area (Å²) in [4.78, 5) is 4.08. The predicted octanol–water partition coefficient (Wildman–Crippen LogP) is 0.625. The number of rotatable bonds is 6. The molecule has 0 fully saturated rings. The van der Waals surface area contributed by atoms with E-state index in [2.05, 4.69) is 22.4 Å². The van der Waals surface area contributed by atoms with Crippen LogP contribution < -0.4 is 5.32 Å². The van der Waals surface area contributed by atoms with Crippen molar-refractivity contribution in [2.24, 2.45) is 0 Å². The van der Waals surface area contributed by atoms with Crippen molar-refractivity contribution in [3.05, 3.63) is 11.7 Å². The molecule has 6 heteroatoms.